The van der Waals surface area contributed by atoms with Crippen molar-refractivity contribution in [2.24, 2.45) is 11.8 Å². The lowest BCUT2D eigenvalue weighted by Gasteiger charge is -2.28. The SMILES string of the molecule is CC(C)C1CC(=O)N(c2ccc(F)cc2)C1C=C[C@@H](O)C[C@@H](O)CC(=O)O. The summed E-state index contributed by atoms with van der Waals surface area (Å²) in [5.41, 5.74) is 0.583. The Morgan fingerprint density at radius 2 is 1.93 bits per heavy atom. The Hall–Kier alpha value is -2.25. The first kappa shape index (κ1) is 21.1. The minimum absolute atomic E-state index is 0.0231. The molecule has 1 aromatic carbocycles. The van der Waals surface area contributed by atoms with Crippen molar-refractivity contribution in [3.8, 4) is 0 Å². The van der Waals surface area contributed by atoms with E-state index >= 15 is 0 Å². The fraction of sp³-hybridized carbons (Fsp3) is 0.500. The number of hydrogen-bond acceptors (Lipinski definition) is 4. The van der Waals surface area contributed by atoms with Crippen molar-refractivity contribution in [2.45, 2.75) is 51.4 Å². The maximum atomic E-state index is 13.2. The monoisotopic (exact) mass is 379 g/mol. The lowest BCUT2D eigenvalue weighted by molar-refractivity contribution is -0.139. The molecular weight excluding hydrogens is 353 g/mol. The number of carboxylic acid groups (broad SMARTS) is 1. The molecule has 6 nitrogen and oxygen atoms in total. The number of anilines is 1. The summed E-state index contributed by atoms with van der Waals surface area (Å²) in [6, 6.07) is 5.37. The molecule has 148 valence electrons. The second-order valence-electron chi connectivity index (χ2n) is 7.28. The van der Waals surface area contributed by atoms with Crippen molar-refractivity contribution < 1.29 is 29.3 Å². The number of aliphatic carboxylic acids is 1. The average molecular weight is 379 g/mol. The quantitative estimate of drug-likeness (QED) is 0.602. The van der Waals surface area contributed by atoms with Crippen molar-refractivity contribution in [3.05, 3.63) is 42.2 Å². The van der Waals surface area contributed by atoms with E-state index in [0.29, 0.717) is 12.1 Å². The van der Waals surface area contributed by atoms with Gasteiger partial charge in [0, 0.05) is 18.5 Å². The van der Waals surface area contributed by atoms with Crippen LogP contribution in [0.1, 0.15) is 33.1 Å². The van der Waals surface area contributed by atoms with E-state index in [0.717, 1.165) is 0 Å². The molecule has 2 rings (SSSR count). The number of benzene rings is 1. The predicted octanol–water partition coefficient (Wildman–Crippen LogP) is 2.35. The van der Waals surface area contributed by atoms with Crippen LogP contribution in [0.4, 0.5) is 10.1 Å². The number of carbonyl (C=O) groups is 2. The largest absolute Gasteiger partial charge is 0.481 e. The first-order valence-electron chi connectivity index (χ1n) is 9.03. The van der Waals surface area contributed by atoms with Crippen LogP contribution in [-0.4, -0.2) is 45.4 Å². The Morgan fingerprint density at radius 1 is 1.30 bits per heavy atom. The first-order chi connectivity index (χ1) is 12.7. The van der Waals surface area contributed by atoms with Gasteiger partial charge in [0.15, 0.2) is 0 Å². The number of hydrogen-bond donors (Lipinski definition) is 3. The zero-order chi connectivity index (χ0) is 20.1. The van der Waals surface area contributed by atoms with Crippen molar-refractivity contribution in [1.82, 2.24) is 0 Å². The molecule has 0 saturated carbocycles. The number of halogens is 1. The van der Waals surface area contributed by atoms with E-state index < -0.39 is 24.6 Å². The van der Waals surface area contributed by atoms with Gasteiger partial charge in [-0.25, -0.2) is 4.39 Å². The van der Waals surface area contributed by atoms with E-state index in [-0.39, 0.29) is 36.0 Å². The number of amides is 1. The van der Waals surface area contributed by atoms with E-state index in [1.807, 2.05) is 13.8 Å². The van der Waals surface area contributed by atoms with E-state index in [4.69, 9.17) is 5.11 Å². The Morgan fingerprint density at radius 3 is 2.48 bits per heavy atom. The third-order valence-corrected chi connectivity index (χ3v) is 4.83. The molecule has 0 spiro atoms. The first-order valence-corrected chi connectivity index (χ1v) is 9.03. The number of rotatable bonds is 8. The van der Waals surface area contributed by atoms with Gasteiger partial charge in [0.2, 0.25) is 5.91 Å². The minimum Gasteiger partial charge on any atom is -0.481 e. The summed E-state index contributed by atoms with van der Waals surface area (Å²) in [7, 11) is 0. The van der Waals surface area contributed by atoms with E-state index in [9.17, 15) is 24.2 Å². The molecule has 1 amide bonds. The van der Waals surface area contributed by atoms with Gasteiger partial charge in [-0.2, -0.15) is 0 Å². The number of carboxylic acids is 1. The van der Waals surface area contributed by atoms with Crippen LogP contribution in [0.15, 0.2) is 36.4 Å². The van der Waals surface area contributed by atoms with Gasteiger partial charge in [-0.1, -0.05) is 26.0 Å². The minimum atomic E-state index is -1.15. The van der Waals surface area contributed by atoms with Gasteiger partial charge in [0.25, 0.3) is 0 Å². The summed E-state index contributed by atoms with van der Waals surface area (Å²) in [5, 5.41) is 28.4. The van der Waals surface area contributed by atoms with Gasteiger partial charge in [-0.05, 0) is 36.1 Å². The molecule has 3 N–H and O–H groups in total. The van der Waals surface area contributed by atoms with Crippen molar-refractivity contribution >= 4 is 17.6 Å². The molecule has 1 aromatic rings. The third kappa shape index (κ3) is 5.61. The highest BCUT2D eigenvalue weighted by Crippen LogP contribution is 2.36. The van der Waals surface area contributed by atoms with Crippen LogP contribution in [-0.2, 0) is 9.59 Å². The Bertz CT molecular complexity index is 688. The van der Waals surface area contributed by atoms with Crippen molar-refractivity contribution in [2.75, 3.05) is 4.90 Å². The molecule has 0 radical (unpaired) electrons. The molecule has 7 heteroatoms. The molecule has 1 aliphatic heterocycles. The molecule has 0 aliphatic carbocycles. The summed E-state index contributed by atoms with van der Waals surface area (Å²) < 4.78 is 13.2. The standard InChI is InChI=1S/C20H26FNO5/c1-12(2)17-11-19(25)22(14-5-3-13(21)4-6-14)18(17)8-7-15(23)9-16(24)10-20(26)27/h3-8,12,15-18,23-24H,9-11H2,1-2H3,(H,26,27)/t15-,16-,17?,18?/m1/s1. The van der Waals surface area contributed by atoms with Crippen LogP contribution < -0.4 is 4.90 Å². The Labute approximate surface area is 157 Å². The van der Waals surface area contributed by atoms with Gasteiger partial charge in [-0.3, -0.25) is 9.59 Å². The van der Waals surface area contributed by atoms with Crippen LogP contribution in [0.3, 0.4) is 0 Å². The predicted molar refractivity (Wildman–Crippen MR) is 98.6 cm³/mol. The fourth-order valence-electron chi connectivity index (χ4n) is 3.44. The van der Waals surface area contributed by atoms with Gasteiger partial charge >= 0.3 is 5.97 Å². The van der Waals surface area contributed by atoms with Crippen molar-refractivity contribution in [3.63, 3.8) is 0 Å². The van der Waals surface area contributed by atoms with E-state index in [2.05, 4.69) is 0 Å². The molecule has 1 fully saturated rings. The summed E-state index contributed by atoms with van der Waals surface area (Å²) in [5.74, 6) is -1.36. The van der Waals surface area contributed by atoms with Gasteiger partial charge < -0.3 is 20.2 Å². The lowest BCUT2D eigenvalue weighted by Crippen LogP contribution is -2.35. The second kappa shape index (κ2) is 9.10. The number of carbonyl (C=O) groups excluding carboxylic acids is 1. The van der Waals surface area contributed by atoms with Gasteiger partial charge in [0.1, 0.15) is 5.82 Å². The zero-order valence-electron chi connectivity index (χ0n) is 15.5. The normalized spacial score (nSPS) is 22.6. The number of aliphatic hydroxyl groups excluding tert-OH is 2. The average Bonchev–Trinajstić information content (AvgIpc) is 2.89. The third-order valence-electron chi connectivity index (χ3n) is 4.83. The van der Waals surface area contributed by atoms with Crippen LogP contribution in [0.25, 0.3) is 0 Å². The fourth-order valence-corrected chi connectivity index (χ4v) is 3.44. The molecule has 4 atom stereocenters. The van der Waals surface area contributed by atoms with Crippen LogP contribution in [0.2, 0.25) is 0 Å². The topological polar surface area (TPSA) is 98.1 Å². The summed E-state index contributed by atoms with van der Waals surface area (Å²) >= 11 is 0. The molecule has 2 unspecified atom stereocenters. The number of aliphatic hydroxyl groups is 2. The maximum Gasteiger partial charge on any atom is 0.305 e. The summed E-state index contributed by atoms with van der Waals surface area (Å²) in [6.07, 6.45) is 0.827. The molecule has 0 aromatic heterocycles. The number of nitrogens with zero attached hydrogens (tertiary/aromatic N) is 1. The van der Waals surface area contributed by atoms with E-state index in [1.54, 1.807) is 23.1 Å². The molecule has 1 saturated heterocycles. The molecule has 1 heterocycles. The van der Waals surface area contributed by atoms with Crippen LogP contribution in [0.5, 0.6) is 0 Å². The van der Waals surface area contributed by atoms with Gasteiger partial charge in [-0.15, -0.1) is 0 Å². The lowest BCUT2D eigenvalue weighted by atomic mass is 9.88. The summed E-state index contributed by atoms with van der Waals surface area (Å²) in [6.45, 7) is 4.03. The molecule has 1 aliphatic rings. The van der Waals surface area contributed by atoms with Crippen LogP contribution >= 0.6 is 0 Å². The molecule has 0 bridgehead atoms. The Balaban J connectivity index is 2.18. The highest BCUT2D eigenvalue weighted by molar-refractivity contribution is 5.97. The zero-order valence-corrected chi connectivity index (χ0v) is 15.5. The van der Waals surface area contributed by atoms with Gasteiger partial charge in [0.05, 0.1) is 24.7 Å². The molecular formula is C20H26FNO5. The molecule has 27 heavy (non-hydrogen) atoms. The highest BCUT2D eigenvalue weighted by atomic mass is 19.1. The second-order valence-corrected chi connectivity index (χ2v) is 7.28. The smallest absolute Gasteiger partial charge is 0.305 e. The highest BCUT2D eigenvalue weighted by Gasteiger charge is 2.40. The van der Waals surface area contributed by atoms with E-state index in [1.165, 1.54) is 18.2 Å². The maximum absolute atomic E-state index is 13.2. The van der Waals surface area contributed by atoms with Crippen LogP contribution in [0, 0.1) is 17.7 Å². The summed E-state index contributed by atoms with van der Waals surface area (Å²) in [4.78, 5) is 24.8. The Kier molecular flexibility index (Phi) is 7.10. The van der Waals surface area contributed by atoms with Crippen molar-refractivity contribution in [1.29, 1.82) is 0 Å².